The molecule has 2 N–H and O–H groups in total. The molecule has 0 unspecified atom stereocenters. The zero-order chi connectivity index (χ0) is 13.8. The van der Waals surface area contributed by atoms with Crippen molar-refractivity contribution < 1.29 is 19.8 Å². The monoisotopic (exact) mass is 256 g/mol. The lowest BCUT2D eigenvalue weighted by Gasteiger charge is -2.36. The van der Waals surface area contributed by atoms with E-state index in [9.17, 15) is 14.7 Å². The van der Waals surface area contributed by atoms with Gasteiger partial charge in [-0.25, -0.2) is 4.79 Å². The van der Waals surface area contributed by atoms with Gasteiger partial charge in [-0.2, -0.15) is 0 Å². The fraction of sp³-hybridized carbons (Fsp3) is 0.667. The Kier molecular flexibility index (Phi) is 4.86. The highest BCUT2D eigenvalue weighted by Gasteiger charge is 2.24. The largest absolute Gasteiger partial charge is 0.478 e. The maximum Gasteiger partial charge on any atom is 0.328 e. The Morgan fingerprint density at radius 3 is 2.17 bits per heavy atom. The quantitative estimate of drug-likeness (QED) is 0.665. The molecule has 0 radical (unpaired) electrons. The molecule has 0 atom stereocenters. The number of carbonyl (C=O) groups is 2. The number of β-amino-alcohol motifs (C(OH)–C–C–N with tert-alkyl or cyclic N) is 1. The molecule has 1 aliphatic rings. The van der Waals surface area contributed by atoms with Gasteiger partial charge in [0, 0.05) is 44.9 Å². The average molecular weight is 256 g/mol. The van der Waals surface area contributed by atoms with Crippen LogP contribution < -0.4 is 0 Å². The summed E-state index contributed by atoms with van der Waals surface area (Å²) in [5.41, 5.74) is -0.741. The predicted molar refractivity (Wildman–Crippen MR) is 66.1 cm³/mol. The van der Waals surface area contributed by atoms with Gasteiger partial charge in [0.05, 0.1) is 5.60 Å². The maximum atomic E-state index is 11.6. The number of hydrogen-bond acceptors (Lipinski definition) is 4. The van der Waals surface area contributed by atoms with Crippen LogP contribution in [0.1, 0.15) is 13.8 Å². The van der Waals surface area contributed by atoms with Gasteiger partial charge >= 0.3 is 5.97 Å². The fourth-order valence-corrected chi connectivity index (χ4v) is 1.92. The number of nitrogens with zero attached hydrogens (tertiary/aromatic N) is 2. The Morgan fingerprint density at radius 2 is 1.72 bits per heavy atom. The third-order valence-electron chi connectivity index (χ3n) is 2.66. The van der Waals surface area contributed by atoms with Crippen LogP contribution in [0, 0.1) is 0 Å². The van der Waals surface area contributed by atoms with Gasteiger partial charge in [-0.1, -0.05) is 0 Å². The van der Waals surface area contributed by atoms with Crippen LogP contribution in [0.3, 0.4) is 0 Å². The van der Waals surface area contributed by atoms with Gasteiger partial charge in [0.1, 0.15) is 0 Å². The molecule has 6 nitrogen and oxygen atoms in total. The molecular weight excluding hydrogens is 236 g/mol. The summed E-state index contributed by atoms with van der Waals surface area (Å²) < 4.78 is 0. The number of rotatable bonds is 4. The fourth-order valence-electron chi connectivity index (χ4n) is 1.92. The molecule has 1 rings (SSSR count). The smallest absolute Gasteiger partial charge is 0.328 e. The average Bonchev–Trinajstić information content (AvgIpc) is 2.24. The first-order valence-electron chi connectivity index (χ1n) is 5.92. The molecule has 0 bridgehead atoms. The van der Waals surface area contributed by atoms with Crippen LogP contribution in [0.25, 0.3) is 0 Å². The van der Waals surface area contributed by atoms with Crippen LogP contribution >= 0.6 is 0 Å². The van der Waals surface area contributed by atoms with Crippen molar-refractivity contribution >= 4 is 11.9 Å². The van der Waals surface area contributed by atoms with Gasteiger partial charge in [0.15, 0.2) is 0 Å². The molecule has 0 spiro atoms. The number of aliphatic hydroxyl groups is 1. The van der Waals surface area contributed by atoms with E-state index in [-0.39, 0.29) is 5.91 Å². The van der Waals surface area contributed by atoms with Crippen LogP contribution in [-0.2, 0) is 9.59 Å². The van der Waals surface area contributed by atoms with E-state index >= 15 is 0 Å². The third-order valence-corrected chi connectivity index (χ3v) is 2.66. The number of carboxylic acids is 1. The highest BCUT2D eigenvalue weighted by molar-refractivity contribution is 5.93. The first-order chi connectivity index (χ1) is 8.28. The third kappa shape index (κ3) is 5.29. The van der Waals surface area contributed by atoms with E-state index in [0.29, 0.717) is 32.7 Å². The zero-order valence-electron chi connectivity index (χ0n) is 10.8. The summed E-state index contributed by atoms with van der Waals surface area (Å²) in [4.78, 5) is 25.6. The summed E-state index contributed by atoms with van der Waals surface area (Å²) in [5, 5.41) is 18.1. The molecule has 0 aliphatic carbocycles. The minimum absolute atomic E-state index is 0.277. The molecule has 1 saturated heterocycles. The molecule has 18 heavy (non-hydrogen) atoms. The molecule has 1 amide bonds. The van der Waals surface area contributed by atoms with E-state index in [0.717, 1.165) is 12.2 Å². The molecule has 0 aromatic carbocycles. The van der Waals surface area contributed by atoms with Crippen LogP contribution in [0.2, 0.25) is 0 Å². The van der Waals surface area contributed by atoms with Crippen molar-refractivity contribution in [1.29, 1.82) is 0 Å². The van der Waals surface area contributed by atoms with Crippen molar-refractivity contribution in [3.8, 4) is 0 Å². The topological polar surface area (TPSA) is 81.1 Å². The van der Waals surface area contributed by atoms with Crippen LogP contribution in [0.4, 0.5) is 0 Å². The Bertz CT molecular complexity index is 338. The van der Waals surface area contributed by atoms with Gasteiger partial charge in [-0.05, 0) is 13.8 Å². The molecule has 1 fully saturated rings. The van der Waals surface area contributed by atoms with Gasteiger partial charge in [0.25, 0.3) is 0 Å². The molecular formula is C12H20N2O4. The summed E-state index contributed by atoms with van der Waals surface area (Å²) in [6.45, 7) is 6.56. The standard InChI is InChI=1S/C12H20N2O4/c1-12(2,18)9-13-5-7-14(8-6-13)10(15)3-4-11(16)17/h3-4,18H,5-9H2,1-2H3,(H,16,17). The lowest BCUT2D eigenvalue weighted by molar-refractivity contribution is -0.132. The number of carbonyl (C=O) groups excluding carboxylic acids is 1. The van der Waals surface area contributed by atoms with Gasteiger partial charge in [0.2, 0.25) is 5.91 Å². The molecule has 102 valence electrons. The molecule has 1 heterocycles. The Balaban J connectivity index is 2.39. The first-order valence-corrected chi connectivity index (χ1v) is 5.92. The summed E-state index contributed by atoms with van der Waals surface area (Å²) in [5.74, 6) is -1.40. The lowest BCUT2D eigenvalue weighted by atomic mass is 10.1. The number of amides is 1. The highest BCUT2D eigenvalue weighted by atomic mass is 16.4. The zero-order valence-corrected chi connectivity index (χ0v) is 10.8. The first kappa shape index (κ1) is 14.7. The van der Waals surface area contributed by atoms with E-state index in [4.69, 9.17) is 5.11 Å². The summed E-state index contributed by atoms with van der Waals surface area (Å²) in [7, 11) is 0. The van der Waals surface area contributed by atoms with E-state index in [1.807, 2.05) is 0 Å². The number of hydrogen-bond donors (Lipinski definition) is 2. The van der Waals surface area contributed by atoms with Crippen molar-refractivity contribution in [1.82, 2.24) is 9.80 Å². The SMILES string of the molecule is CC(C)(O)CN1CCN(C(=O)C=CC(=O)O)CC1. The van der Waals surface area contributed by atoms with Crippen LogP contribution in [0.5, 0.6) is 0 Å². The Morgan fingerprint density at radius 1 is 1.17 bits per heavy atom. The van der Waals surface area contributed by atoms with Crippen molar-refractivity contribution in [2.24, 2.45) is 0 Å². The maximum absolute atomic E-state index is 11.6. The minimum atomic E-state index is -1.12. The van der Waals surface area contributed by atoms with E-state index < -0.39 is 11.6 Å². The summed E-state index contributed by atoms with van der Waals surface area (Å²) >= 11 is 0. The van der Waals surface area contributed by atoms with Gasteiger partial charge < -0.3 is 15.1 Å². The molecule has 1 aliphatic heterocycles. The van der Waals surface area contributed by atoms with Crippen molar-refractivity contribution in [3.63, 3.8) is 0 Å². The van der Waals surface area contributed by atoms with Gasteiger partial charge in [-0.15, -0.1) is 0 Å². The summed E-state index contributed by atoms with van der Waals surface area (Å²) in [6.07, 6.45) is 1.93. The molecule has 0 aromatic rings. The Labute approximate surface area is 106 Å². The van der Waals surface area contributed by atoms with Gasteiger partial charge in [-0.3, -0.25) is 9.69 Å². The second-order valence-electron chi connectivity index (χ2n) is 5.09. The van der Waals surface area contributed by atoms with Crippen molar-refractivity contribution in [3.05, 3.63) is 12.2 Å². The van der Waals surface area contributed by atoms with Crippen LogP contribution in [-0.4, -0.2) is 70.2 Å². The normalized spacial score (nSPS) is 18.3. The van der Waals surface area contributed by atoms with E-state index in [1.54, 1.807) is 18.7 Å². The number of aliphatic carboxylic acids is 1. The van der Waals surface area contributed by atoms with E-state index in [1.165, 1.54) is 0 Å². The molecule has 0 saturated carbocycles. The minimum Gasteiger partial charge on any atom is -0.478 e. The second-order valence-corrected chi connectivity index (χ2v) is 5.09. The van der Waals surface area contributed by atoms with Crippen molar-refractivity contribution in [2.75, 3.05) is 32.7 Å². The number of piperazine rings is 1. The molecule has 6 heteroatoms. The number of carboxylic acid groups (broad SMARTS) is 1. The van der Waals surface area contributed by atoms with Crippen LogP contribution in [0.15, 0.2) is 12.2 Å². The lowest BCUT2D eigenvalue weighted by Crippen LogP contribution is -2.51. The second kappa shape index (κ2) is 5.97. The molecule has 0 aromatic heterocycles. The van der Waals surface area contributed by atoms with E-state index in [2.05, 4.69) is 4.90 Å². The summed E-state index contributed by atoms with van der Waals surface area (Å²) in [6, 6.07) is 0. The Hall–Kier alpha value is -1.40. The van der Waals surface area contributed by atoms with Crippen molar-refractivity contribution in [2.45, 2.75) is 19.4 Å². The predicted octanol–water partition coefficient (Wildman–Crippen LogP) is -0.458. The highest BCUT2D eigenvalue weighted by Crippen LogP contribution is 2.08.